The van der Waals surface area contributed by atoms with Crippen molar-refractivity contribution in [2.24, 2.45) is 5.92 Å². The molecule has 0 aliphatic heterocycles. The summed E-state index contributed by atoms with van der Waals surface area (Å²) in [6.07, 6.45) is 0. The molecule has 2 heterocycles. The molecule has 1 unspecified atom stereocenters. The van der Waals surface area contributed by atoms with Gasteiger partial charge < -0.3 is 9.88 Å². The molecule has 0 amide bonds. The average molecular weight is 290 g/mol. The van der Waals surface area contributed by atoms with Crippen molar-refractivity contribution in [3.63, 3.8) is 0 Å². The van der Waals surface area contributed by atoms with Crippen LogP contribution in [-0.2, 0) is 13.1 Å². The number of thiophene rings is 1. The lowest BCUT2D eigenvalue weighted by Crippen LogP contribution is -2.24. The minimum atomic E-state index is 0.444. The maximum Gasteiger partial charge on any atom is 0.0440 e. The smallest absolute Gasteiger partial charge is 0.0440 e. The second-order valence-corrected chi connectivity index (χ2v) is 6.74. The average Bonchev–Trinajstić information content (AvgIpc) is 2.99. The standard InChI is InChI=1S/C17H26N2S/c1-6-19-13(4)10-15(14(19)5)11-18-17(12(2)3)16-8-7-9-20-16/h7-10,12,17-18H,6,11H2,1-5H3. The lowest BCUT2D eigenvalue weighted by molar-refractivity contribution is 0.416. The molecule has 0 aliphatic carbocycles. The third-order valence-electron chi connectivity index (χ3n) is 4.02. The van der Waals surface area contributed by atoms with E-state index in [9.17, 15) is 0 Å². The van der Waals surface area contributed by atoms with Gasteiger partial charge in [-0.2, -0.15) is 0 Å². The van der Waals surface area contributed by atoms with Gasteiger partial charge in [0.05, 0.1) is 0 Å². The third-order valence-corrected chi connectivity index (χ3v) is 4.98. The fourth-order valence-corrected chi connectivity index (χ4v) is 3.86. The van der Waals surface area contributed by atoms with Gasteiger partial charge in [0.15, 0.2) is 0 Å². The molecule has 110 valence electrons. The van der Waals surface area contributed by atoms with E-state index in [1.54, 1.807) is 0 Å². The fourth-order valence-electron chi connectivity index (χ4n) is 2.89. The first-order valence-corrected chi connectivity index (χ1v) is 8.35. The highest BCUT2D eigenvalue weighted by Gasteiger charge is 2.17. The SMILES string of the molecule is CCn1c(C)cc(CNC(c2cccs2)C(C)C)c1C. The van der Waals surface area contributed by atoms with Crippen LogP contribution in [0.25, 0.3) is 0 Å². The highest BCUT2D eigenvalue weighted by molar-refractivity contribution is 7.10. The Balaban J connectivity index is 2.10. The van der Waals surface area contributed by atoms with Crippen molar-refractivity contribution in [2.45, 2.75) is 53.8 Å². The van der Waals surface area contributed by atoms with Gasteiger partial charge in [-0.25, -0.2) is 0 Å². The summed E-state index contributed by atoms with van der Waals surface area (Å²) in [5.41, 5.74) is 4.18. The van der Waals surface area contributed by atoms with Gasteiger partial charge >= 0.3 is 0 Å². The van der Waals surface area contributed by atoms with E-state index >= 15 is 0 Å². The molecule has 0 aliphatic rings. The predicted octanol–water partition coefficient (Wildman–Crippen LogP) is 4.67. The highest BCUT2D eigenvalue weighted by Crippen LogP contribution is 2.26. The second-order valence-electron chi connectivity index (χ2n) is 5.76. The van der Waals surface area contributed by atoms with Crippen molar-refractivity contribution in [1.29, 1.82) is 0 Å². The van der Waals surface area contributed by atoms with Crippen LogP contribution >= 0.6 is 11.3 Å². The van der Waals surface area contributed by atoms with E-state index in [1.165, 1.54) is 21.8 Å². The largest absolute Gasteiger partial charge is 0.349 e. The first kappa shape index (κ1) is 15.3. The minimum Gasteiger partial charge on any atom is -0.349 e. The number of hydrogen-bond donors (Lipinski definition) is 1. The van der Waals surface area contributed by atoms with E-state index in [1.807, 2.05) is 11.3 Å². The lowest BCUT2D eigenvalue weighted by Gasteiger charge is -2.21. The first-order valence-electron chi connectivity index (χ1n) is 7.47. The van der Waals surface area contributed by atoms with Gasteiger partial charge in [0.1, 0.15) is 0 Å². The maximum atomic E-state index is 3.74. The number of rotatable bonds is 6. The van der Waals surface area contributed by atoms with Crippen molar-refractivity contribution >= 4 is 11.3 Å². The monoisotopic (exact) mass is 290 g/mol. The second kappa shape index (κ2) is 6.59. The summed E-state index contributed by atoms with van der Waals surface area (Å²) in [5.74, 6) is 0.600. The predicted molar refractivity (Wildman–Crippen MR) is 88.3 cm³/mol. The quantitative estimate of drug-likeness (QED) is 0.818. The molecule has 0 fully saturated rings. The van der Waals surface area contributed by atoms with Gasteiger partial charge in [0.25, 0.3) is 0 Å². The van der Waals surface area contributed by atoms with Crippen LogP contribution in [0.5, 0.6) is 0 Å². The number of hydrogen-bond acceptors (Lipinski definition) is 2. The van der Waals surface area contributed by atoms with Crippen LogP contribution < -0.4 is 5.32 Å². The van der Waals surface area contributed by atoms with E-state index in [-0.39, 0.29) is 0 Å². The highest BCUT2D eigenvalue weighted by atomic mass is 32.1. The molecule has 0 bridgehead atoms. The van der Waals surface area contributed by atoms with Gasteiger partial charge in [-0.15, -0.1) is 11.3 Å². The lowest BCUT2D eigenvalue weighted by atomic mass is 10.0. The van der Waals surface area contributed by atoms with Crippen LogP contribution in [0.15, 0.2) is 23.6 Å². The molecule has 2 aromatic heterocycles. The van der Waals surface area contributed by atoms with Crippen LogP contribution in [0.3, 0.4) is 0 Å². The van der Waals surface area contributed by atoms with Gasteiger partial charge in [-0.3, -0.25) is 0 Å². The Morgan fingerprint density at radius 1 is 1.30 bits per heavy atom. The molecule has 2 aromatic rings. The topological polar surface area (TPSA) is 17.0 Å². The van der Waals surface area contributed by atoms with E-state index in [4.69, 9.17) is 0 Å². The molecule has 0 spiro atoms. The van der Waals surface area contributed by atoms with Gasteiger partial charge in [0, 0.05) is 35.4 Å². The van der Waals surface area contributed by atoms with E-state index < -0.39 is 0 Å². The number of aromatic nitrogens is 1. The summed E-state index contributed by atoms with van der Waals surface area (Å²) < 4.78 is 2.38. The summed E-state index contributed by atoms with van der Waals surface area (Å²) in [6.45, 7) is 13.2. The van der Waals surface area contributed by atoms with Crippen molar-refractivity contribution in [3.8, 4) is 0 Å². The molecule has 0 saturated heterocycles. The Bertz CT molecular complexity index is 538. The van der Waals surface area contributed by atoms with E-state index in [0.29, 0.717) is 12.0 Å². The normalized spacial score (nSPS) is 13.1. The fraction of sp³-hybridized carbons (Fsp3) is 0.529. The van der Waals surface area contributed by atoms with Gasteiger partial charge in [-0.1, -0.05) is 19.9 Å². The summed E-state index contributed by atoms with van der Waals surface area (Å²) in [5, 5.41) is 5.90. The first-order chi connectivity index (χ1) is 9.54. The van der Waals surface area contributed by atoms with Crippen LogP contribution in [0.4, 0.5) is 0 Å². The number of nitrogens with one attached hydrogen (secondary N) is 1. The zero-order valence-electron chi connectivity index (χ0n) is 13.2. The maximum absolute atomic E-state index is 3.74. The molecule has 0 saturated carbocycles. The number of aryl methyl sites for hydroxylation is 1. The number of nitrogens with zero attached hydrogens (tertiary/aromatic N) is 1. The zero-order valence-corrected chi connectivity index (χ0v) is 14.1. The molecular weight excluding hydrogens is 264 g/mol. The van der Waals surface area contributed by atoms with Crippen LogP contribution in [0.1, 0.15) is 48.6 Å². The molecule has 0 radical (unpaired) electrons. The third kappa shape index (κ3) is 3.15. The molecule has 0 aromatic carbocycles. The van der Waals surface area contributed by atoms with Gasteiger partial charge in [0.2, 0.25) is 0 Å². The van der Waals surface area contributed by atoms with Crippen LogP contribution in [0, 0.1) is 19.8 Å². The van der Waals surface area contributed by atoms with E-state index in [2.05, 4.69) is 68.1 Å². The van der Waals surface area contributed by atoms with Crippen molar-refractivity contribution in [1.82, 2.24) is 9.88 Å². The van der Waals surface area contributed by atoms with E-state index in [0.717, 1.165) is 13.1 Å². The summed E-state index contributed by atoms with van der Waals surface area (Å²) in [4.78, 5) is 1.43. The summed E-state index contributed by atoms with van der Waals surface area (Å²) in [6, 6.07) is 7.13. The Morgan fingerprint density at radius 2 is 2.05 bits per heavy atom. The van der Waals surface area contributed by atoms with Gasteiger partial charge in [-0.05, 0) is 49.8 Å². The minimum absolute atomic E-state index is 0.444. The molecule has 2 rings (SSSR count). The molecule has 20 heavy (non-hydrogen) atoms. The van der Waals surface area contributed by atoms with Crippen LogP contribution in [-0.4, -0.2) is 4.57 Å². The Hall–Kier alpha value is -1.06. The zero-order chi connectivity index (χ0) is 14.7. The summed E-state index contributed by atoms with van der Waals surface area (Å²) >= 11 is 1.84. The Morgan fingerprint density at radius 3 is 2.55 bits per heavy atom. The van der Waals surface area contributed by atoms with Crippen LogP contribution in [0.2, 0.25) is 0 Å². The molecule has 1 atom stereocenters. The molecule has 2 nitrogen and oxygen atoms in total. The Labute approximate surface area is 126 Å². The molecule has 1 N–H and O–H groups in total. The Kier molecular flexibility index (Phi) is 5.06. The summed E-state index contributed by atoms with van der Waals surface area (Å²) in [7, 11) is 0. The molecular formula is C17H26N2S. The van der Waals surface area contributed by atoms with Crippen molar-refractivity contribution in [3.05, 3.63) is 45.4 Å². The van der Waals surface area contributed by atoms with Crippen molar-refractivity contribution < 1.29 is 0 Å². The van der Waals surface area contributed by atoms with Crippen molar-refractivity contribution in [2.75, 3.05) is 0 Å². The molecule has 3 heteroatoms.